The summed E-state index contributed by atoms with van der Waals surface area (Å²) in [4.78, 5) is 16.1. The predicted molar refractivity (Wildman–Crippen MR) is 125 cm³/mol. The normalized spacial score (nSPS) is 20.4. The van der Waals surface area contributed by atoms with Crippen molar-refractivity contribution in [1.82, 2.24) is 16.0 Å². The van der Waals surface area contributed by atoms with Crippen LogP contribution < -0.4 is 20.7 Å². The maximum absolute atomic E-state index is 12.7. The Hall–Kier alpha value is -3.37. The number of hydrogen-bond donors (Lipinski definition) is 4. The van der Waals surface area contributed by atoms with Gasteiger partial charge in [0.1, 0.15) is 11.6 Å². The Morgan fingerprint density at radius 1 is 1.23 bits per heavy atom. The number of carboxylic acids is 1. The lowest BCUT2D eigenvalue weighted by molar-refractivity contribution is -0.274. The van der Waals surface area contributed by atoms with Crippen molar-refractivity contribution >= 4 is 11.8 Å². The van der Waals surface area contributed by atoms with Gasteiger partial charge in [-0.1, -0.05) is 48.5 Å². The minimum atomic E-state index is -4.89. The maximum atomic E-state index is 12.7. The van der Waals surface area contributed by atoms with Crippen molar-refractivity contribution in [2.45, 2.75) is 43.8 Å². The van der Waals surface area contributed by atoms with Gasteiger partial charge in [0.15, 0.2) is 0 Å². The summed E-state index contributed by atoms with van der Waals surface area (Å²) in [6.45, 7) is 1.21. The molecular formula is C25H27F3N4O3. The standard InChI is InChI=1S/C25H27F3N4O3/c26-25(27,28)35-21-9-8-16(13-18(21)14-22(33)34)10-12-29-23(17-5-2-1-3-6-17)20-15-31-19-7-4-11-30-24(19)32-20/h1-6,8-9,11,13,19-20,23,29,31H,7,10,12,14-15H2,(H,30,32)(H,33,34)/t19?,20-,23-/m1/s1. The summed E-state index contributed by atoms with van der Waals surface area (Å²) >= 11 is 0. The molecule has 3 atom stereocenters. The smallest absolute Gasteiger partial charge is 0.481 e. The number of aliphatic imine (C=N–C) groups is 1. The van der Waals surface area contributed by atoms with Gasteiger partial charge in [0.2, 0.25) is 0 Å². The van der Waals surface area contributed by atoms with Gasteiger partial charge in [-0.15, -0.1) is 13.2 Å². The molecule has 2 aromatic carbocycles. The Kier molecular flexibility index (Phi) is 7.72. The molecule has 0 aliphatic carbocycles. The Balaban J connectivity index is 1.48. The van der Waals surface area contributed by atoms with Gasteiger partial charge in [0.25, 0.3) is 0 Å². The van der Waals surface area contributed by atoms with Crippen LogP contribution in [0.3, 0.4) is 0 Å². The Morgan fingerprint density at radius 3 is 2.77 bits per heavy atom. The summed E-state index contributed by atoms with van der Waals surface area (Å²) in [5.74, 6) is -0.818. The van der Waals surface area contributed by atoms with Gasteiger partial charge >= 0.3 is 12.3 Å². The van der Waals surface area contributed by atoms with Crippen LogP contribution in [0.5, 0.6) is 5.75 Å². The summed E-state index contributed by atoms with van der Waals surface area (Å²) in [5, 5.41) is 19.4. The van der Waals surface area contributed by atoms with Crippen LogP contribution in [0.2, 0.25) is 0 Å². The second-order valence-electron chi connectivity index (χ2n) is 8.48. The fourth-order valence-corrected chi connectivity index (χ4v) is 4.37. The van der Waals surface area contributed by atoms with Gasteiger partial charge in [-0.3, -0.25) is 9.79 Å². The van der Waals surface area contributed by atoms with Gasteiger partial charge in [0, 0.05) is 12.1 Å². The Morgan fingerprint density at radius 2 is 2.03 bits per heavy atom. The first-order valence-corrected chi connectivity index (χ1v) is 11.4. The van der Waals surface area contributed by atoms with E-state index in [4.69, 9.17) is 10.1 Å². The summed E-state index contributed by atoms with van der Waals surface area (Å²) in [6.07, 6.45) is -0.125. The van der Waals surface area contributed by atoms with Gasteiger partial charge in [0.05, 0.1) is 24.5 Å². The van der Waals surface area contributed by atoms with Gasteiger partial charge in [-0.25, -0.2) is 0 Å². The number of amidine groups is 1. The number of carbonyl (C=O) groups is 1. The van der Waals surface area contributed by atoms with Crippen molar-refractivity contribution in [3.05, 3.63) is 77.5 Å². The van der Waals surface area contributed by atoms with Crippen molar-refractivity contribution in [2.24, 2.45) is 4.99 Å². The molecule has 7 nitrogen and oxygen atoms in total. The molecule has 4 rings (SSSR count). The highest BCUT2D eigenvalue weighted by Crippen LogP contribution is 2.28. The minimum absolute atomic E-state index is 0.0164. The number of fused-ring (bicyclic) bond motifs is 1. The second kappa shape index (κ2) is 10.9. The van der Waals surface area contributed by atoms with Crippen LogP contribution in [0.15, 0.2) is 65.8 Å². The topological polar surface area (TPSA) is 95.0 Å². The van der Waals surface area contributed by atoms with E-state index in [1.165, 1.54) is 18.2 Å². The zero-order chi connectivity index (χ0) is 24.8. The first-order chi connectivity index (χ1) is 16.8. The number of rotatable bonds is 9. The van der Waals surface area contributed by atoms with Gasteiger partial charge in [-0.05, 0) is 42.8 Å². The maximum Gasteiger partial charge on any atom is 0.573 e. The average Bonchev–Trinajstić information content (AvgIpc) is 2.82. The van der Waals surface area contributed by atoms with Gasteiger partial charge < -0.3 is 25.8 Å². The average molecular weight is 489 g/mol. The molecule has 0 bridgehead atoms. The van der Waals surface area contributed by atoms with Crippen molar-refractivity contribution in [3.63, 3.8) is 0 Å². The number of hydrogen-bond acceptors (Lipinski definition) is 6. The number of nitrogens with one attached hydrogen (secondary N) is 3. The number of nitrogens with zero attached hydrogens (tertiary/aromatic N) is 1. The summed E-state index contributed by atoms with van der Waals surface area (Å²) in [7, 11) is 0. The van der Waals surface area contributed by atoms with E-state index < -0.39 is 24.5 Å². The number of benzene rings is 2. The van der Waals surface area contributed by atoms with Crippen molar-refractivity contribution in [2.75, 3.05) is 13.1 Å². The summed E-state index contributed by atoms with van der Waals surface area (Å²) < 4.78 is 42.1. The molecular weight excluding hydrogens is 461 g/mol. The number of halogens is 3. The zero-order valence-electron chi connectivity index (χ0n) is 18.9. The number of ether oxygens (including phenoxy) is 1. The lowest BCUT2D eigenvalue weighted by atomic mass is 9.96. The fourth-order valence-electron chi connectivity index (χ4n) is 4.37. The highest BCUT2D eigenvalue weighted by atomic mass is 19.4. The van der Waals surface area contributed by atoms with Crippen LogP contribution in [0.25, 0.3) is 0 Å². The van der Waals surface area contributed by atoms with E-state index in [1.807, 2.05) is 36.5 Å². The Bertz CT molecular complexity index is 1090. The fraction of sp³-hybridized carbons (Fsp3) is 0.360. The quantitative estimate of drug-likeness (QED) is 0.433. The third-order valence-electron chi connectivity index (χ3n) is 5.94. The molecule has 2 aliphatic heterocycles. The minimum Gasteiger partial charge on any atom is -0.481 e. The third-order valence-corrected chi connectivity index (χ3v) is 5.94. The Labute approximate surface area is 201 Å². The van der Waals surface area contributed by atoms with E-state index in [2.05, 4.69) is 26.8 Å². The van der Waals surface area contributed by atoms with Crippen LogP contribution >= 0.6 is 0 Å². The molecule has 2 aliphatic rings. The van der Waals surface area contributed by atoms with Crippen LogP contribution in [-0.2, 0) is 17.6 Å². The molecule has 0 fully saturated rings. The highest BCUT2D eigenvalue weighted by molar-refractivity contribution is 5.90. The van der Waals surface area contributed by atoms with Crippen molar-refractivity contribution in [1.29, 1.82) is 0 Å². The first kappa shape index (κ1) is 24.7. The lowest BCUT2D eigenvalue weighted by Crippen LogP contribution is -2.53. The van der Waals surface area contributed by atoms with E-state index in [0.717, 1.165) is 17.8 Å². The van der Waals surface area contributed by atoms with E-state index >= 15 is 0 Å². The van der Waals surface area contributed by atoms with E-state index in [0.29, 0.717) is 25.1 Å². The number of aliphatic carboxylic acids is 1. The molecule has 0 aromatic heterocycles. The van der Waals surface area contributed by atoms with E-state index in [-0.39, 0.29) is 23.7 Å². The third kappa shape index (κ3) is 6.83. The second-order valence-corrected chi connectivity index (χ2v) is 8.48. The molecule has 2 heterocycles. The predicted octanol–water partition coefficient (Wildman–Crippen LogP) is 3.33. The molecule has 0 saturated heterocycles. The molecule has 4 N–H and O–H groups in total. The SMILES string of the molecule is O=C(O)Cc1cc(CCN[C@H](c2ccccc2)[C@H]2CNC3CC=CNC3=N2)ccc1OC(F)(F)F. The van der Waals surface area contributed by atoms with Crippen LogP contribution in [-0.4, -0.2) is 48.4 Å². The summed E-state index contributed by atoms with van der Waals surface area (Å²) in [5.41, 5.74) is 1.77. The van der Waals surface area contributed by atoms with Crippen molar-refractivity contribution in [3.8, 4) is 5.75 Å². The van der Waals surface area contributed by atoms with E-state index in [1.54, 1.807) is 0 Å². The monoisotopic (exact) mass is 488 g/mol. The number of carboxylic acid groups (broad SMARTS) is 1. The molecule has 0 amide bonds. The zero-order valence-corrected chi connectivity index (χ0v) is 18.9. The highest BCUT2D eigenvalue weighted by Gasteiger charge is 2.33. The van der Waals surface area contributed by atoms with Gasteiger partial charge in [-0.2, -0.15) is 0 Å². The molecule has 0 spiro atoms. The summed E-state index contributed by atoms with van der Waals surface area (Å²) in [6, 6.07) is 14.1. The van der Waals surface area contributed by atoms with Crippen LogP contribution in [0.4, 0.5) is 13.2 Å². The van der Waals surface area contributed by atoms with Crippen LogP contribution in [0.1, 0.15) is 29.2 Å². The molecule has 0 saturated carbocycles. The molecule has 1 unspecified atom stereocenters. The molecule has 186 valence electrons. The molecule has 35 heavy (non-hydrogen) atoms. The molecule has 2 aromatic rings. The lowest BCUT2D eigenvalue weighted by Gasteiger charge is -2.35. The molecule has 0 radical (unpaired) electrons. The van der Waals surface area contributed by atoms with Crippen LogP contribution in [0, 0.1) is 0 Å². The first-order valence-electron chi connectivity index (χ1n) is 11.4. The number of alkyl halides is 3. The van der Waals surface area contributed by atoms with E-state index in [9.17, 15) is 18.0 Å². The van der Waals surface area contributed by atoms with Crippen molar-refractivity contribution < 1.29 is 27.8 Å². The molecule has 10 heteroatoms. The largest absolute Gasteiger partial charge is 0.573 e.